The molecular weight excluding hydrogens is 326 g/mol. The molecule has 0 saturated carbocycles. The van der Waals surface area contributed by atoms with Gasteiger partial charge in [-0.25, -0.2) is 0 Å². The van der Waals surface area contributed by atoms with Crippen LogP contribution in [0.25, 0.3) is 0 Å². The molecule has 1 N–H and O–H groups in total. The van der Waals surface area contributed by atoms with Gasteiger partial charge in [0.15, 0.2) is 0 Å². The zero-order chi connectivity index (χ0) is 18.8. The molecule has 2 aromatic rings. The molecule has 4 nitrogen and oxygen atoms in total. The van der Waals surface area contributed by atoms with Crippen molar-refractivity contribution in [2.45, 2.75) is 39.2 Å². The van der Waals surface area contributed by atoms with Crippen LogP contribution < -0.4 is 4.74 Å². The second-order valence-electron chi connectivity index (χ2n) is 6.78. The van der Waals surface area contributed by atoms with Gasteiger partial charge >= 0.3 is 5.97 Å². The first kappa shape index (κ1) is 20.0. The summed E-state index contributed by atoms with van der Waals surface area (Å²) >= 11 is 0. The first-order chi connectivity index (χ1) is 12.5. The van der Waals surface area contributed by atoms with Crippen molar-refractivity contribution >= 4 is 5.97 Å². The van der Waals surface area contributed by atoms with Crippen LogP contribution in [-0.4, -0.2) is 41.7 Å². The minimum atomic E-state index is -0.748. The van der Waals surface area contributed by atoms with E-state index in [4.69, 9.17) is 9.84 Å². The number of aliphatic carboxylic acids is 1. The number of ether oxygens (including phenoxy) is 1. The third kappa shape index (κ3) is 7.28. The summed E-state index contributed by atoms with van der Waals surface area (Å²) in [5.74, 6) is 0.130. The highest BCUT2D eigenvalue weighted by molar-refractivity contribution is 5.66. The molecule has 4 heteroatoms. The van der Waals surface area contributed by atoms with Gasteiger partial charge in [0.25, 0.3) is 0 Å². The van der Waals surface area contributed by atoms with Gasteiger partial charge in [0, 0.05) is 19.1 Å². The largest absolute Gasteiger partial charge is 0.494 e. The van der Waals surface area contributed by atoms with E-state index in [9.17, 15) is 4.79 Å². The number of nitrogens with zero attached hydrogens (tertiary/aromatic N) is 1. The number of carbonyl (C=O) groups is 1. The minimum Gasteiger partial charge on any atom is -0.494 e. The van der Waals surface area contributed by atoms with Crippen molar-refractivity contribution in [2.24, 2.45) is 0 Å². The normalized spacial score (nSPS) is 11.1. The van der Waals surface area contributed by atoms with E-state index < -0.39 is 5.97 Å². The Morgan fingerprint density at radius 1 is 1.00 bits per heavy atom. The maximum atomic E-state index is 10.7. The Morgan fingerprint density at radius 2 is 1.65 bits per heavy atom. The van der Waals surface area contributed by atoms with E-state index in [2.05, 4.69) is 55.1 Å². The van der Waals surface area contributed by atoms with Gasteiger partial charge in [0.1, 0.15) is 5.75 Å². The predicted octanol–water partition coefficient (Wildman–Crippen LogP) is 4.23. The van der Waals surface area contributed by atoms with Crippen LogP contribution >= 0.6 is 0 Å². The Balaban J connectivity index is 1.72. The number of benzene rings is 2. The highest BCUT2D eigenvalue weighted by Crippen LogP contribution is 2.15. The Hall–Kier alpha value is -2.33. The third-order valence-electron chi connectivity index (χ3n) is 4.38. The fourth-order valence-corrected chi connectivity index (χ4v) is 2.86. The Bertz CT molecular complexity index is 653. The van der Waals surface area contributed by atoms with Crippen molar-refractivity contribution in [2.75, 3.05) is 19.7 Å². The molecule has 0 spiro atoms. The van der Waals surface area contributed by atoms with E-state index in [0.717, 1.165) is 25.1 Å². The smallest absolute Gasteiger partial charge is 0.304 e. The highest BCUT2D eigenvalue weighted by atomic mass is 16.5. The predicted molar refractivity (Wildman–Crippen MR) is 105 cm³/mol. The molecule has 0 aliphatic rings. The average molecular weight is 355 g/mol. The summed E-state index contributed by atoms with van der Waals surface area (Å²) < 4.78 is 5.82. The molecule has 0 fully saturated rings. The summed E-state index contributed by atoms with van der Waals surface area (Å²) in [5.41, 5.74) is 2.57. The quantitative estimate of drug-likeness (QED) is 0.613. The summed E-state index contributed by atoms with van der Waals surface area (Å²) in [7, 11) is 0. The van der Waals surface area contributed by atoms with Crippen LogP contribution in [0.4, 0.5) is 0 Å². The van der Waals surface area contributed by atoms with Gasteiger partial charge < -0.3 is 14.7 Å². The fourth-order valence-electron chi connectivity index (χ4n) is 2.86. The van der Waals surface area contributed by atoms with Crippen LogP contribution in [0.2, 0.25) is 0 Å². The molecule has 0 unspecified atom stereocenters. The fraction of sp³-hybridized carbons (Fsp3) is 0.409. The lowest BCUT2D eigenvalue weighted by Gasteiger charge is -2.25. The molecule has 2 aromatic carbocycles. The van der Waals surface area contributed by atoms with Gasteiger partial charge in [-0.1, -0.05) is 42.5 Å². The maximum absolute atomic E-state index is 10.7. The molecule has 140 valence electrons. The lowest BCUT2D eigenvalue weighted by atomic mass is 10.1. The van der Waals surface area contributed by atoms with Crippen LogP contribution in [0.3, 0.4) is 0 Å². The van der Waals surface area contributed by atoms with Gasteiger partial charge in [-0.3, -0.25) is 4.79 Å². The number of hydrogen-bond acceptors (Lipinski definition) is 3. The second-order valence-corrected chi connectivity index (χ2v) is 6.78. The number of carboxylic acid groups (broad SMARTS) is 1. The molecule has 0 atom stereocenters. The number of hydrogen-bond donors (Lipinski definition) is 1. The van der Waals surface area contributed by atoms with E-state index in [1.807, 2.05) is 18.2 Å². The molecule has 0 aliphatic carbocycles. The molecule has 0 aromatic heterocycles. The van der Waals surface area contributed by atoms with Crippen LogP contribution in [0.15, 0.2) is 54.6 Å². The first-order valence-corrected chi connectivity index (χ1v) is 9.26. The highest BCUT2D eigenvalue weighted by Gasteiger charge is 2.10. The Kier molecular flexibility index (Phi) is 8.16. The molecule has 0 radical (unpaired) electrons. The molecule has 0 bridgehead atoms. The summed E-state index contributed by atoms with van der Waals surface area (Å²) in [6.45, 7) is 6.24. The van der Waals surface area contributed by atoms with Crippen molar-refractivity contribution in [3.05, 3.63) is 65.7 Å². The Morgan fingerprint density at radius 3 is 2.27 bits per heavy atom. The molecular formula is C22H29NO3. The first-order valence-electron chi connectivity index (χ1n) is 9.26. The van der Waals surface area contributed by atoms with E-state index in [0.29, 0.717) is 19.2 Å². The maximum Gasteiger partial charge on any atom is 0.304 e. The lowest BCUT2D eigenvalue weighted by Crippen LogP contribution is -2.34. The topological polar surface area (TPSA) is 49.8 Å². The van der Waals surface area contributed by atoms with Crippen LogP contribution in [0.1, 0.15) is 37.8 Å². The second kappa shape index (κ2) is 10.6. The van der Waals surface area contributed by atoms with E-state index in [1.165, 1.54) is 11.1 Å². The van der Waals surface area contributed by atoms with Crippen molar-refractivity contribution in [1.29, 1.82) is 0 Å². The SMILES string of the molecule is CC(C)N(CCCOc1ccc(Cc2ccccc2)cc1)CCC(=O)O. The molecule has 0 heterocycles. The van der Waals surface area contributed by atoms with Gasteiger partial charge in [0.05, 0.1) is 13.0 Å². The van der Waals surface area contributed by atoms with Gasteiger partial charge in [-0.05, 0) is 49.9 Å². The van der Waals surface area contributed by atoms with Gasteiger partial charge in [-0.15, -0.1) is 0 Å². The van der Waals surface area contributed by atoms with Crippen molar-refractivity contribution in [3.63, 3.8) is 0 Å². The molecule has 26 heavy (non-hydrogen) atoms. The summed E-state index contributed by atoms with van der Waals surface area (Å²) in [5, 5.41) is 8.83. The van der Waals surface area contributed by atoms with Gasteiger partial charge in [0.2, 0.25) is 0 Å². The van der Waals surface area contributed by atoms with Gasteiger partial charge in [-0.2, -0.15) is 0 Å². The van der Waals surface area contributed by atoms with Crippen molar-refractivity contribution < 1.29 is 14.6 Å². The van der Waals surface area contributed by atoms with Crippen molar-refractivity contribution in [1.82, 2.24) is 4.90 Å². The van der Waals surface area contributed by atoms with E-state index >= 15 is 0 Å². The molecule has 0 amide bonds. The van der Waals surface area contributed by atoms with E-state index in [1.54, 1.807) is 0 Å². The van der Waals surface area contributed by atoms with Crippen LogP contribution in [0, 0.1) is 0 Å². The van der Waals surface area contributed by atoms with Crippen molar-refractivity contribution in [3.8, 4) is 5.75 Å². The summed E-state index contributed by atoms with van der Waals surface area (Å²) in [6.07, 6.45) is 1.99. The lowest BCUT2D eigenvalue weighted by molar-refractivity contribution is -0.137. The molecule has 2 rings (SSSR count). The minimum absolute atomic E-state index is 0.182. The monoisotopic (exact) mass is 355 g/mol. The summed E-state index contributed by atoms with van der Waals surface area (Å²) in [4.78, 5) is 12.9. The Labute approximate surface area is 156 Å². The number of rotatable bonds is 11. The van der Waals surface area contributed by atoms with Crippen LogP contribution in [0.5, 0.6) is 5.75 Å². The zero-order valence-electron chi connectivity index (χ0n) is 15.7. The third-order valence-corrected chi connectivity index (χ3v) is 4.38. The van der Waals surface area contributed by atoms with E-state index in [-0.39, 0.29) is 6.42 Å². The summed E-state index contributed by atoms with van der Waals surface area (Å²) in [6, 6.07) is 19.0. The number of carboxylic acids is 1. The average Bonchev–Trinajstić information content (AvgIpc) is 2.62. The standard InChI is InChI=1S/C22H29NO3/c1-18(2)23(15-13-22(24)25)14-6-16-26-21-11-9-20(10-12-21)17-19-7-4-3-5-8-19/h3-5,7-12,18H,6,13-17H2,1-2H3,(H,24,25). The molecule has 0 aliphatic heterocycles. The zero-order valence-corrected chi connectivity index (χ0v) is 15.7. The van der Waals surface area contributed by atoms with Crippen LogP contribution in [-0.2, 0) is 11.2 Å². The molecule has 0 saturated heterocycles.